The first-order valence-corrected chi connectivity index (χ1v) is 5.47. The number of hydrogen-bond donors (Lipinski definition) is 1. The van der Waals surface area contributed by atoms with Gasteiger partial charge in [-0.05, 0) is 18.2 Å². The van der Waals surface area contributed by atoms with Crippen molar-refractivity contribution >= 4 is 11.8 Å². The van der Waals surface area contributed by atoms with Crippen LogP contribution in [0.15, 0.2) is 24.4 Å². The molecule has 0 saturated heterocycles. The van der Waals surface area contributed by atoms with Crippen LogP contribution in [-0.2, 0) is 4.74 Å². The van der Waals surface area contributed by atoms with E-state index >= 15 is 0 Å². The molecule has 0 unspecified atom stereocenters. The van der Waals surface area contributed by atoms with Gasteiger partial charge < -0.3 is 10.5 Å². The summed E-state index contributed by atoms with van der Waals surface area (Å²) in [6.45, 7) is 0. The first-order valence-electron chi connectivity index (χ1n) is 5.47. The van der Waals surface area contributed by atoms with Gasteiger partial charge in [-0.1, -0.05) is 0 Å². The van der Waals surface area contributed by atoms with Crippen molar-refractivity contribution in [3.05, 3.63) is 41.5 Å². The van der Waals surface area contributed by atoms with Crippen molar-refractivity contribution in [3.8, 4) is 17.3 Å². The van der Waals surface area contributed by atoms with Crippen molar-refractivity contribution in [2.45, 2.75) is 0 Å². The molecule has 0 aliphatic heterocycles. The lowest BCUT2D eigenvalue weighted by atomic mass is 10.1. The molecule has 2 rings (SSSR count). The first-order chi connectivity index (χ1) is 9.56. The van der Waals surface area contributed by atoms with E-state index in [4.69, 9.17) is 11.0 Å². The van der Waals surface area contributed by atoms with Gasteiger partial charge in [-0.25, -0.2) is 19.2 Å². The molecular formula is C13H9FN4O2. The Kier molecular flexibility index (Phi) is 3.57. The lowest BCUT2D eigenvalue weighted by Crippen LogP contribution is -2.10. The topological polar surface area (TPSA) is 102 Å². The summed E-state index contributed by atoms with van der Waals surface area (Å²) in [6.07, 6.45) is 1.26. The van der Waals surface area contributed by atoms with Crippen LogP contribution in [0.1, 0.15) is 16.1 Å². The number of nitrogens with zero attached hydrogens (tertiary/aromatic N) is 3. The first kappa shape index (κ1) is 13.4. The SMILES string of the molecule is COC(=O)c1nc(-c2cc(F)ccc2C#N)cnc1N. The van der Waals surface area contributed by atoms with E-state index in [9.17, 15) is 9.18 Å². The number of benzene rings is 1. The number of ether oxygens (including phenoxy) is 1. The van der Waals surface area contributed by atoms with Crippen LogP contribution >= 0.6 is 0 Å². The molecule has 2 aromatic rings. The summed E-state index contributed by atoms with van der Waals surface area (Å²) in [4.78, 5) is 19.3. The quantitative estimate of drug-likeness (QED) is 0.831. The number of halogens is 1. The zero-order valence-electron chi connectivity index (χ0n) is 10.4. The minimum Gasteiger partial charge on any atom is -0.464 e. The minimum absolute atomic E-state index is 0.101. The number of anilines is 1. The van der Waals surface area contributed by atoms with Crippen LogP contribution in [-0.4, -0.2) is 23.0 Å². The van der Waals surface area contributed by atoms with Gasteiger partial charge in [0.1, 0.15) is 5.82 Å². The smallest absolute Gasteiger partial charge is 0.360 e. The second kappa shape index (κ2) is 5.32. The van der Waals surface area contributed by atoms with Gasteiger partial charge in [0.25, 0.3) is 0 Å². The van der Waals surface area contributed by atoms with Crippen molar-refractivity contribution < 1.29 is 13.9 Å². The Hall–Kier alpha value is -3.01. The molecule has 0 saturated carbocycles. The number of carbonyl (C=O) groups is 1. The predicted molar refractivity (Wildman–Crippen MR) is 67.9 cm³/mol. The molecule has 100 valence electrons. The average Bonchev–Trinajstić information content (AvgIpc) is 2.47. The molecule has 0 amide bonds. The van der Waals surface area contributed by atoms with E-state index in [0.29, 0.717) is 0 Å². The van der Waals surface area contributed by atoms with Crippen LogP contribution in [0.5, 0.6) is 0 Å². The van der Waals surface area contributed by atoms with E-state index < -0.39 is 11.8 Å². The Bertz CT molecular complexity index is 725. The molecular weight excluding hydrogens is 263 g/mol. The van der Waals surface area contributed by atoms with Crippen molar-refractivity contribution in [3.63, 3.8) is 0 Å². The number of hydrogen-bond acceptors (Lipinski definition) is 6. The zero-order valence-corrected chi connectivity index (χ0v) is 10.4. The molecule has 7 heteroatoms. The van der Waals surface area contributed by atoms with Gasteiger partial charge in [-0.2, -0.15) is 5.26 Å². The Balaban J connectivity index is 2.63. The van der Waals surface area contributed by atoms with Crippen molar-refractivity contribution in [1.82, 2.24) is 9.97 Å². The largest absolute Gasteiger partial charge is 0.464 e. The van der Waals surface area contributed by atoms with E-state index in [1.54, 1.807) is 0 Å². The van der Waals surface area contributed by atoms with Gasteiger partial charge in [0.2, 0.25) is 0 Å². The fourth-order valence-corrected chi connectivity index (χ4v) is 1.60. The molecule has 0 fully saturated rings. The average molecular weight is 272 g/mol. The monoisotopic (exact) mass is 272 g/mol. The number of aromatic nitrogens is 2. The van der Waals surface area contributed by atoms with E-state index in [1.165, 1.54) is 19.4 Å². The van der Waals surface area contributed by atoms with Crippen LogP contribution in [0.3, 0.4) is 0 Å². The van der Waals surface area contributed by atoms with Gasteiger partial charge in [-0.3, -0.25) is 0 Å². The Labute approximate surface area is 113 Å². The number of nitriles is 1. The normalized spacial score (nSPS) is 9.85. The van der Waals surface area contributed by atoms with Crippen LogP contribution < -0.4 is 5.73 Å². The Morgan fingerprint density at radius 3 is 2.90 bits per heavy atom. The standard InChI is InChI=1S/C13H9FN4O2/c1-20-13(19)11-12(16)17-6-10(18-11)9-4-8(14)3-2-7(9)5-15/h2-4,6H,1H3,(H2,16,17). The summed E-state index contributed by atoms with van der Waals surface area (Å²) < 4.78 is 17.8. The summed E-state index contributed by atoms with van der Waals surface area (Å²) in [6, 6.07) is 5.54. The van der Waals surface area contributed by atoms with E-state index in [1.807, 2.05) is 6.07 Å². The number of rotatable bonds is 2. The number of nitrogens with two attached hydrogens (primary N) is 1. The van der Waals surface area contributed by atoms with Crippen LogP contribution in [0, 0.1) is 17.1 Å². The molecule has 0 radical (unpaired) electrons. The lowest BCUT2D eigenvalue weighted by molar-refractivity contribution is 0.0595. The molecule has 2 N–H and O–H groups in total. The summed E-state index contributed by atoms with van der Waals surface area (Å²) in [7, 11) is 1.18. The summed E-state index contributed by atoms with van der Waals surface area (Å²) in [5.74, 6) is -1.39. The molecule has 0 aliphatic rings. The highest BCUT2D eigenvalue weighted by Crippen LogP contribution is 2.23. The third-order valence-electron chi connectivity index (χ3n) is 2.56. The highest BCUT2D eigenvalue weighted by Gasteiger charge is 2.16. The van der Waals surface area contributed by atoms with Gasteiger partial charge in [-0.15, -0.1) is 0 Å². The van der Waals surface area contributed by atoms with E-state index in [-0.39, 0.29) is 28.3 Å². The maximum Gasteiger partial charge on any atom is 0.360 e. The molecule has 0 spiro atoms. The number of esters is 1. The lowest BCUT2D eigenvalue weighted by Gasteiger charge is -2.07. The fourth-order valence-electron chi connectivity index (χ4n) is 1.60. The fraction of sp³-hybridized carbons (Fsp3) is 0.0769. The molecule has 1 heterocycles. The summed E-state index contributed by atoms with van der Waals surface area (Å²) in [5, 5.41) is 9.01. The van der Waals surface area contributed by atoms with Crippen molar-refractivity contribution in [1.29, 1.82) is 5.26 Å². The number of carbonyl (C=O) groups excluding carboxylic acids is 1. The van der Waals surface area contributed by atoms with E-state index in [0.717, 1.165) is 12.1 Å². The number of nitrogen functional groups attached to an aromatic ring is 1. The molecule has 1 aromatic heterocycles. The highest BCUT2D eigenvalue weighted by atomic mass is 19.1. The van der Waals surface area contributed by atoms with Crippen molar-refractivity contribution in [2.75, 3.05) is 12.8 Å². The maximum atomic E-state index is 13.3. The van der Waals surface area contributed by atoms with E-state index in [2.05, 4.69) is 14.7 Å². The van der Waals surface area contributed by atoms with Crippen LogP contribution in [0.2, 0.25) is 0 Å². The third kappa shape index (κ3) is 2.40. The summed E-state index contributed by atoms with van der Waals surface area (Å²) >= 11 is 0. The predicted octanol–water partition coefficient (Wildman–Crippen LogP) is 1.52. The molecule has 0 atom stereocenters. The zero-order chi connectivity index (χ0) is 14.7. The maximum absolute atomic E-state index is 13.3. The third-order valence-corrected chi connectivity index (χ3v) is 2.56. The molecule has 0 aliphatic carbocycles. The van der Waals surface area contributed by atoms with Gasteiger partial charge in [0.05, 0.1) is 30.6 Å². The molecule has 6 nitrogen and oxygen atoms in total. The van der Waals surface area contributed by atoms with Gasteiger partial charge in [0.15, 0.2) is 11.5 Å². The Morgan fingerprint density at radius 1 is 1.50 bits per heavy atom. The van der Waals surface area contributed by atoms with Crippen LogP contribution in [0.4, 0.5) is 10.2 Å². The highest BCUT2D eigenvalue weighted by molar-refractivity contribution is 5.92. The number of methoxy groups -OCH3 is 1. The second-order valence-corrected chi connectivity index (χ2v) is 3.78. The molecule has 1 aromatic carbocycles. The molecule has 0 bridgehead atoms. The summed E-state index contributed by atoms with van der Waals surface area (Å²) in [5.41, 5.74) is 5.95. The Morgan fingerprint density at radius 2 is 2.25 bits per heavy atom. The molecule has 20 heavy (non-hydrogen) atoms. The van der Waals surface area contributed by atoms with Gasteiger partial charge in [0, 0.05) is 5.56 Å². The second-order valence-electron chi connectivity index (χ2n) is 3.78. The van der Waals surface area contributed by atoms with Gasteiger partial charge >= 0.3 is 5.97 Å². The minimum atomic E-state index is -0.758. The van der Waals surface area contributed by atoms with Crippen molar-refractivity contribution in [2.24, 2.45) is 0 Å². The van der Waals surface area contributed by atoms with Crippen LogP contribution in [0.25, 0.3) is 11.3 Å².